The van der Waals surface area contributed by atoms with Gasteiger partial charge in [0.25, 0.3) is 0 Å². The molecule has 7 atom stereocenters. The van der Waals surface area contributed by atoms with E-state index in [2.05, 4.69) is 13.8 Å². The molecule has 0 bridgehead atoms. The minimum Gasteiger partial charge on any atom is -0.462 e. The van der Waals surface area contributed by atoms with E-state index in [0.29, 0.717) is 29.5 Å². The quantitative estimate of drug-likeness (QED) is 0.641. The second kappa shape index (κ2) is 6.63. The molecular formula is C23H36O3. The largest absolute Gasteiger partial charge is 0.462 e. The Bertz CT molecular complexity index is 584. The first kappa shape index (κ1) is 18.5. The van der Waals surface area contributed by atoms with Crippen LogP contribution in [0.1, 0.15) is 91.4 Å². The molecule has 4 aliphatic carbocycles. The number of carbonyl (C=O) groups is 2. The molecule has 4 rings (SSSR count). The highest BCUT2D eigenvalue weighted by molar-refractivity contribution is 5.79. The zero-order valence-corrected chi connectivity index (χ0v) is 16.9. The number of ketones is 1. The smallest absolute Gasteiger partial charge is 0.306 e. The van der Waals surface area contributed by atoms with Gasteiger partial charge in [0.1, 0.15) is 11.9 Å². The van der Waals surface area contributed by atoms with E-state index in [-0.39, 0.29) is 17.5 Å². The van der Waals surface area contributed by atoms with Gasteiger partial charge in [-0.25, -0.2) is 0 Å². The van der Waals surface area contributed by atoms with Crippen LogP contribution in [0.25, 0.3) is 0 Å². The van der Waals surface area contributed by atoms with Crippen LogP contribution in [-0.2, 0) is 14.3 Å². The van der Waals surface area contributed by atoms with Crippen molar-refractivity contribution in [2.24, 2.45) is 34.5 Å². The molecule has 3 heteroatoms. The molecule has 4 aliphatic rings. The zero-order chi connectivity index (χ0) is 18.5. The first-order chi connectivity index (χ1) is 12.4. The Kier molecular flexibility index (Phi) is 4.72. The van der Waals surface area contributed by atoms with Crippen molar-refractivity contribution in [1.82, 2.24) is 0 Å². The summed E-state index contributed by atoms with van der Waals surface area (Å²) < 4.78 is 5.97. The summed E-state index contributed by atoms with van der Waals surface area (Å²) in [6.07, 6.45) is 11.5. The number of carbonyl (C=O) groups excluding carboxylic acids is 2. The number of esters is 1. The highest BCUT2D eigenvalue weighted by Gasteiger charge is 2.61. The fourth-order valence-electron chi connectivity index (χ4n) is 7.61. The van der Waals surface area contributed by atoms with Gasteiger partial charge in [-0.1, -0.05) is 20.8 Å². The van der Waals surface area contributed by atoms with Crippen LogP contribution in [-0.4, -0.2) is 17.9 Å². The maximum Gasteiger partial charge on any atom is 0.306 e. The first-order valence-electron chi connectivity index (χ1n) is 11.1. The Labute approximate surface area is 158 Å². The fraction of sp³-hybridized carbons (Fsp3) is 0.913. The Balaban J connectivity index is 1.52. The maximum absolute atomic E-state index is 12.1. The highest BCUT2D eigenvalue weighted by Crippen LogP contribution is 2.66. The molecule has 0 aromatic heterocycles. The summed E-state index contributed by atoms with van der Waals surface area (Å²) in [6.45, 7) is 6.95. The minimum atomic E-state index is 0.00274. The van der Waals surface area contributed by atoms with E-state index < -0.39 is 0 Å². The van der Waals surface area contributed by atoms with Gasteiger partial charge in [0.05, 0.1) is 0 Å². The van der Waals surface area contributed by atoms with Gasteiger partial charge in [0.2, 0.25) is 0 Å². The predicted molar refractivity (Wildman–Crippen MR) is 102 cm³/mol. The van der Waals surface area contributed by atoms with E-state index in [1.807, 2.05) is 6.92 Å². The van der Waals surface area contributed by atoms with Gasteiger partial charge >= 0.3 is 5.97 Å². The van der Waals surface area contributed by atoms with E-state index in [1.54, 1.807) is 0 Å². The number of hydrogen-bond donors (Lipinski definition) is 0. The van der Waals surface area contributed by atoms with Crippen molar-refractivity contribution in [3.63, 3.8) is 0 Å². The van der Waals surface area contributed by atoms with Crippen molar-refractivity contribution in [2.75, 3.05) is 0 Å². The molecule has 0 heterocycles. The van der Waals surface area contributed by atoms with Gasteiger partial charge in [0, 0.05) is 24.7 Å². The van der Waals surface area contributed by atoms with Crippen LogP contribution in [0.4, 0.5) is 0 Å². The molecule has 0 spiro atoms. The molecule has 4 fully saturated rings. The molecule has 0 aliphatic heterocycles. The average molecular weight is 361 g/mol. The van der Waals surface area contributed by atoms with Gasteiger partial charge in [-0.3, -0.25) is 9.59 Å². The van der Waals surface area contributed by atoms with Crippen LogP contribution < -0.4 is 0 Å². The first-order valence-corrected chi connectivity index (χ1v) is 11.1. The Morgan fingerprint density at radius 3 is 2.58 bits per heavy atom. The van der Waals surface area contributed by atoms with E-state index in [1.165, 1.54) is 32.1 Å². The molecule has 146 valence electrons. The lowest BCUT2D eigenvalue weighted by molar-refractivity contribution is -0.164. The van der Waals surface area contributed by atoms with E-state index in [4.69, 9.17) is 4.74 Å². The summed E-state index contributed by atoms with van der Waals surface area (Å²) in [5.74, 6) is 3.37. The van der Waals surface area contributed by atoms with E-state index >= 15 is 0 Å². The van der Waals surface area contributed by atoms with Crippen LogP contribution in [0, 0.1) is 34.5 Å². The maximum atomic E-state index is 12.1. The molecule has 0 aromatic carbocycles. The topological polar surface area (TPSA) is 43.4 Å². The average Bonchev–Trinajstić information content (AvgIpc) is 2.92. The molecule has 3 nitrogen and oxygen atoms in total. The number of ether oxygens (including phenoxy) is 1. The van der Waals surface area contributed by atoms with Crippen molar-refractivity contribution in [1.29, 1.82) is 0 Å². The Morgan fingerprint density at radius 2 is 1.81 bits per heavy atom. The van der Waals surface area contributed by atoms with E-state index in [0.717, 1.165) is 43.9 Å². The number of hydrogen-bond acceptors (Lipinski definition) is 3. The predicted octanol–water partition coefficient (Wildman–Crippen LogP) is 5.31. The second-order valence-corrected chi connectivity index (χ2v) is 10.3. The van der Waals surface area contributed by atoms with Crippen LogP contribution in [0.15, 0.2) is 0 Å². The van der Waals surface area contributed by atoms with Crippen LogP contribution in [0.5, 0.6) is 0 Å². The third kappa shape index (κ3) is 2.76. The SMILES string of the molecule is CCCC(=O)O[C@H]1CC[C@H]2[C@@H]3CC[C@H]4CC(=O)CC[C@]4(C)[C@H]3CC[C@]12C. The van der Waals surface area contributed by atoms with Gasteiger partial charge in [-0.05, 0) is 80.5 Å². The molecule has 0 aromatic rings. The molecular weight excluding hydrogens is 324 g/mol. The molecule has 0 unspecified atom stereocenters. The molecule has 0 amide bonds. The number of fused-ring (bicyclic) bond motifs is 5. The lowest BCUT2D eigenvalue weighted by atomic mass is 9.45. The van der Waals surface area contributed by atoms with Crippen molar-refractivity contribution < 1.29 is 14.3 Å². The third-order valence-corrected chi connectivity index (χ3v) is 9.12. The Hall–Kier alpha value is -0.860. The van der Waals surface area contributed by atoms with Crippen molar-refractivity contribution in [2.45, 2.75) is 97.5 Å². The standard InChI is InChI=1S/C23H36O3/c1-4-5-21(25)26-20-9-8-18-17-7-6-15-14-16(24)10-12-22(15,2)19(17)11-13-23(18,20)3/h15,17-20H,4-14H2,1-3H3/t15-,17-,18-,19-,20-,22-,23-/m0/s1. The normalized spacial score (nSPS) is 47.7. The van der Waals surface area contributed by atoms with Crippen LogP contribution in [0.3, 0.4) is 0 Å². The molecule has 0 radical (unpaired) electrons. The summed E-state index contributed by atoms with van der Waals surface area (Å²) >= 11 is 0. The summed E-state index contributed by atoms with van der Waals surface area (Å²) in [6, 6.07) is 0. The molecule has 26 heavy (non-hydrogen) atoms. The summed E-state index contributed by atoms with van der Waals surface area (Å²) in [7, 11) is 0. The van der Waals surface area contributed by atoms with Crippen LogP contribution in [0.2, 0.25) is 0 Å². The van der Waals surface area contributed by atoms with Crippen molar-refractivity contribution >= 4 is 11.8 Å². The van der Waals surface area contributed by atoms with Crippen molar-refractivity contribution in [3.8, 4) is 0 Å². The molecule has 0 saturated heterocycles. The minimum absolute atomic E-state index is 0.00274. The zero-order valence-electron chi connectivity index (χ0n) is 16.9. The molecule has 0 N–H and O–H groups in total. The highest BCUT2D eigenvalue weighted by atomic mass is 16.5. The monoisotopic (exact) mass is 360 g/mol. The van der Waals surface area contributed by atoms with Crippen LogP contribution >= 0.6 is 0 Å². The Morgan fingerprint density at radius 1 is 1.04 bits per heavy atom. The van der Waals surface area contributed by atoms with Gasteiger partial charge in [-0.15, -0.1) is 0 Å². The lowest BCUT2D eigenvalue weighted by Gasteiger charge is -2.60. The van der Waals surface area contributed by atoms with Gasteiger partial charge < -0.3 is 4.74 Å². The van der Waals surface area contributed by atoms with Gasteiger partial charge in [-0.2, -0.15) is 0 Å². The lowest BCUT2D eigenvalue weighted by Crippen LogP contribution is -2.54. The fourth-order valence-corrected chi connectivity index (χ4v) is 7.61. The second-order valence-electron chi connectivity index (χ2n) is 10.3. The number of Topliss-reactive ketones (excluding diaryl/α,β-unsaturated/α-hetero) is 1. The summed E-state index contributed by atoms with van der Waals surface area (Å²) in [5, 5.41) is 0. The van der Waals surface area contributed by atoms with Gasteiger partial charge in [0.15, 0.2) is 0 Å². The summed E-state index contributed by atoms with van der Waals surface area (Å²) in [4.78, 5) is 24.1. The third-order valence-electron chi connectivity index (χ3n) is 9.12. The molecule has 4 saturated carbocycles. The number of rotatable bonds is 3. The van der Waals surface area contributed by atoms with Crippen molar-refractivity contribution in [3.05, 3.63) is 0 Å². The summed E-state index contributed by atoms with van der Waals surface area (Å²) in [5.41, 5.74) is 0.549. The van der Waals surface area contributed by atoms with E-state index in [9.17, 15) is 9.59 Å².